The molecule has 1 rings (SSSR count). The number of nitrogens with zero attached hydrogens (tertiary/aromatic N) is 2. The Morgan fingerprint density at radius 3 is 2.14 bits per heavy atom. The second kappa shape index (κ2) is 5.35. The van der Waals surface area contributed by atoms with E-state index in [-0.39, 0.29) is 6.20 Å². The van der Waals surface area contributed by atoms with Crippen LogP contribution in [-0.2, 0) is 6.18 Å². The summed E-state index contributed by atoms with van der Waals surface area (Å²) in [4.78, 5) is 22.4. The van der Waals surface area contributed by atoms with E-state index in [0.29, 0.717) is 0 Å². The summed E-state index contributed by atoms with van der Waals surface area (Å²) in [5.41, 5.74) is -3.84. The molecule has 0 atom stereocenters. The van der Waals surface area contributed by atoms with Crippen LogP contribution < -0.4 is 4.74 Å². The second-order valence-electron chi connectivity index (χ2n) is 3.28. The summed E-state index contributed by atoms with van der Waals surface area (Å²) in [5.74, 6) is -4.12. The number of hydrogen-bond acceptors (Lipinski definition) is 5. The van der Waals surface area contributed by atoms with Gasteiger partial charge in [0.25, 0.3) is 5.24 Å². The van der Waals surface area contributed by atoms with E-state index in [4.69, 9.17) is 11.6 Å². The summed E-state index contributed by atoms with van der Waals surface area (Å²) >= 11 is 4.80. The van der Waals surface area contributed by atoms with E-state index in [1.165, 1.54) is 0 Å². The second-order valence-corrected chi connectivity index (χ2v) is 3.62. The molecule has 116 valence electrons. The molecule has 0 bridgehead atoms. The van der Waals surface area contributed by atoms with Gasteiger partial charge in [-0.15, -0.1) is 13.2 Å². The van der Waals surface area contributed by atoms with Gasteiger partial charge in [0.15, 0.2) is 6.20 Å². The Labute approximate surface area is 115 Å². The zero-order valence-electron chi connectivity index (χ0n) is 9.25. The molecule has 0 aliphatic carbocycles. The molecule has 1 heterocycles. The number of rotatable bonds is 3. The van der Waals surface area contributed by atoms with Crippen molar-refractivity contribution < 1.29 is 40.8 Å². The van der Waals surface area contributed by atoms with Crippen molar-refractivity contribution in [3.8, 4) is 5.75 Å². The molecule has 0 fully saturated rings. The molecule has 6 nitrogen and oxygen atoms in total. The Bertz CT molecular complexity index is 600. The quantitative estimate of drug-likeness (QED) is 0.365. The number of nitro groups is 1. The summed E-state index contributed by atoms with van der Waals surface area (Å²) in [6.07, 6.45) is -11.2. The Hall–Kier alpha value is -2.11. The highest BCUT2D eigenvalue weighted by Crippen LogP contribution is 2.44. The molecule has 0 unspecified atom stereocenters. The first kappa shape index (κ1) is 16.9. The van der Waals surface area contributed by atoms with E-state index in [1.54, 1.807) is 0 Å². The zero-order chi connectivity index (χ0) is 16.6. The molecule has 0 aromatic carbocycles. The third-order valence-electron chi connectivity index (χ3n) is 1.90. The monoisotopic (exact) mass is 338 g/mol. The van der Waals surface area contributed by atoms with Crippen LogP contribution in [0.5, 0.6) is 5.75 Å². The number of aromatic nitrogens is 1. The molecular formula is C8HClF6N2O4. The first-order valence-electron chi connectivity index (χ1n) is 4.54. The lowest BCUT2D eigenvalue weighted by Crippen LogP contribution is -2.23. The van der Waals surface area contributed by atoms with Crippen molar-refractivity contribution in [2.24, 2.45) is 0 Å². The molecule has 13 heteroatoms. The summed E-state index contributed by atoms with van der Waals surface area (Å²) in [6.45, 7) is 0. The molecule has 0 N–H and O–H groups in total. The van der Waals surface area contributed by atoms with Crippen molar-refractivity contribution in [3.05, 3.63) is 27.4 Å². The normalized spacial score (nSPS) is 12.1. The van der Waals surface area contributed by atoms with Crippen LogP contribution in [0, 0.1) is 10.1 Å². The highest BCUT2D eigenvalue weighted by atomic mass is 35.5. The lowest BCUT2D eigenvalue weighted by molar-refractivity contribution is -0.393. The van der Waals surface area contributed by atoms with Crippen molar-refractivity contribution in [2.75, 3.05) is 0 Å². The van der Waals surface area contributed by atoms with Crippen LogP contribution in [0.25, 0.3) is 0 Å². The summed E-state index contributed by atoms with van der Waals surface area (Å²) < 4.78 is 77.7. The fraction of sp³-hybridized carbons (Fsp3) is 0.250. The Kier molecular flexibility index (Phi) is 4.32. The first-order chi connectivity index (χ1) is 9.34. The van der Waals surface area contributed by atoms with E-state index in [2.05, 4.69) is 9.72 Å². The summed E-state index contributed by atoms with van der Waals surface area (Å²) in [7, 11) is 0. The third kappa shape index (κ3) is 3.93. The molecule has 0 aliphatic rings. The van der Waals surface area contributed by atoms with Crippen molar-refractivity contribution in [1.29, 1.82) is 0 Å². The number of ether oxygens (including phenoxy) is 1. The average molecular weight is 339 g/mol. The molecule has 1 aromatic rings. The number of halogens is 7. The van der Waals surface area contributed by atoms with Crippen molar-refractivity contribution in [1.82, 2.24) is 4.98 Å². The van der Waals surface area contributed by atoms with Crippen LogP contribution in [0.1, 0.15) is 15.9 Å². The minimum Gasteiger partial charge on any atom is -0.396 e. The molecule has 1 aromatic heterocycles. The number of pyridine rings is 1. The van der Waals surface area contributed by atoms with Crippen LogP contribution in [0.2, 0.25) is 0 Å². The Morgan fingerprint density at radius 1 is 1.29 bits per heavy atom. The van der Waals surface area contributed by atoms with Gasteiger partial charge in [0.05, 0.1) is 5.56 Å². The number of carbonyl (C=O) groups is 1. The number of alkyl halides is 6. The van der Waals surface area contributed by atoms with Gasteiger partial charge in [-0.2, -0.15) is 13.2 Å². The average Bonchev–Trinajstić information content (AvgIpc) is 2.23. The van der Waals surface area contributed by atoms with Gasteiger partial charge >= 0.3 is 18.4 Å². The fourth-order valence-corrected chi connectivity index (χ4v) is 1.40. The van der Waals surface area contributed by atoms with Crippen LogP contribution in [-0.4, -0.2) is 21.5 Å². The maximum absolute atomic E-state index is 12.8. The van der Waals surface area contributed by atoms with Crippen LogP contribution >= 0.6 is 11.6 Å². The van der Waals surface area contributed by atoms with Gasteiger partial charge in [0.1, 0.15) is 5.56 Å². The molecule has 0 saturated heterocycles. The number of carbonyl (C=O) groups excluding carboxylic acids is 1. The maximum atomic E-state index is 12.8. The minimum atomic E-state index is -5.68. The van der Waals surface area contributed by atoms with Gasteiger partial charge in [-0.3, -0.25) is 4.79 Å². The standard InChI is InChI=1S/C8HClF6N2O4/c9-5(18)2-1-16-6(17(19)20)4(21-8(13,14)15)3(2)7(10,11)12/h1H. The van der Waals surface area contributed by atoms with E-state index in [1.807, 2.05) is 0 Å². The van der Waals surface area contributed by atoms with Crippen LogP contribution in [0.4, 0.5) is 32.2 Å². The smallest absolute Gasteiger partial charge is 0.396 e. The lowest BCUT2D eigenvalue weighted by atomic mass is 10.1. The lowest BCUT2D eigenvalue weighted by Gasteiger charge is -2.16. The largest absolute Gasteiger partial charge is 0.573 e. The van der Waals surface area contributed by atoms with Crippen molar-refractivity contribution in [2.45, 2.75) is 12.5 Å². The Balaban J connectivity index is 3.77. The summed E-state index contributed by atoms with van der Waals surface area (Å²) in [5, 5.41) is 8.67. The van der Waals surface area contributed by atoms with Gasteiger partial charge in [-0.1, -0.05) is 0 Å². The molecule has 0 radical (unpaired) electrons. The minimum absolute atomic E-state index is 0.0412. The maximum Gasteiger partial charge on any atom is 0.573 e. The van der Waals surface area contributed by atoms with Crippen molar-refractivity contribution in [3.63, 3.8) is 0 Å². The van der Waals surface area contributed by atoms with E-state index in [0.717, 1.165) is 0 Å². The highest BCUT2D eigenvalue weighted by molar-refractivity contribution is 6.68. The highest BCUT2D eigenvalue weighted by Gasteiger charge is 2.47. The van der Waals surface area contributed by atoms with E-state index >= 15 is 0 Å². The predicted molar refractivity (Wildman–Crippen MR) is 52.8 cm³/mol. The summed E-state index contributed by atoms with van der Waals surface area (Å²) in [6, 6.07) is 0. The van der Waals surface area contributed by atoms with Gasteiger partial charge in [-0.25, -0.2) is 0 Å². The first-order valence-corrected chi connectivity index (χ1v) is 4.92. The van der Waals surface area contributed by atoms with E-state index in [9.17, 15) is 41.3 Å². The molecule has 21 heavy (non-hydrogen) atoms. The van der Waals surface area contributed by atoms with Crippen LogP contribution in [0.15, 0.2) is 6.20 Å². The zero-order valence-corrected chi connectivity index (χ0v) is 10.0. The topological polar surface area (TPSA) is 82.3 Å². The SMILES string of the molecule is O=C(Cl)c1cnc([N+](=O)[O-])c(OC(F)(F)F)c1C(F)(F)F. The van der Waals surface area contributed by atoms with Crippen LogP contribution in [0.3, 0.4) is 0 Å². The molecular weight excluding hydrogens is 338 g/mol. The molecule has 0 amide bonds. The molecule has 0 spiro atoms. The molecule has 0 aliphatic heterocycles. The van der Waals surface area contributed by atoms with Gasteiger partial charge < -0.3 is 14.9 Å². The van der Waals surface area contributed by atoms with Gasteiger partial charge in [0, 0.05) is 0 Å². The van der Waals surface area contributed by atoms with Gasteiger partial charge in [0.2, 0.25) is 5.75 Å². The Morgan fingerprint density at radius 2 is 1.81 bits per heavy atom. The van der Waals surface area contributed by atoms with Crippen molar-refractivity contribution >= 4 is 22.7 Å². The predicted octanol–water partition coefficient (Wildman–Crippen LogP) is 3.29. The van der Waals surface area contributed by atoms with Gasteiger partial charge in [-0.05, 0) is 21.5 Å². The molecule has 0 saturated carbocycles. The van der Waals surface area contributed by atoms with E-state index < -0.39 is 45.4 Å². The number of hydrogen-bond donors (Lipinski definition) is 0. The third-order valence-corrected chi connectivity index (χ3v) is 2.10. The fourth-order valence-electron chi connectivity index (χ4n) is 1.26.